The average Bonchev–Trinajstić information content (AvgIpc) is 2.67. The van der Waals surface area contributed by atoms with Gasteiger partial charge in [0, 0.05) is 6.61 Å². The highest BCUT2D eigenvalue weighted by atomic mass is 16.5. The molecule has 1 aliphatic rings. The first kappa shape index (κ1) is 21.1. The van der Waals surface area contributed by atoms with Crippen molar-refractivity contribution in [3.8, 4) is 0 Å². The summed E-state index contributed by atoms with van der Waals surface area (Å²) in [6.07, 6.45) is 13.2. The minimum atomic E-state index is 0.277. The van der Waals surface area contributed by atoms with Gasteiger partial charge in [0.15, 0.2) is 0 Å². The Balaban J connectivity index is 1.84. The normalized spacial score (nSPS) is 18.2. The van der Waals surface area contributed by atoms with Crippen LogP contribution in [0.2, 0.25) is 0 Å². The van der Waals surface area contributed by atoms with E-state index in [1.54, 1.807) is 0 Å². The third-order valence-electron chi connectivity index (χ3n) is 5.47. The van der Waals surface area contributed by atoms with E-state index in [1.807, 2.05) is 0 Å². The van der Waals surface area contributed by atoms with Crippen molar-refractivity contribution < 1.29 is 9.84 Å². The highest BCUT2D eigenvalue weighted by molar-refractivity contribution is 5.36. The van der Waals surface area contributed by atoms with Crippen LogP contribution in [-0.4, -0.2) is 31.5 Å². The summed E-state index contributed by atoms with van der Waals surface area (Å²) in [7, 11) is 0. The number of hydrogen-bond donors (Lipinski definition) is 2. The lowest BCUT2D eigenvalue weighted by atomic mass is 9.81. The van der Waals surface area contributed by atoms with Crippen LogP contribution < -0.4 is 5.73 Å². The zero-order valence-electron chi connectivity index (χ0n) is 16.5. The Hall–Kier alpha value is -1.16. The molecule has 2 rings (SSSR count). The van der Waals surface area contributed by atoms with Gasteiger partial charge in [-0.1, -0.05) is 50.1 Å². The van der Waals surface area contributed by atoms with Crippen molar-refractivity contribution in [2.45, 2.75) is 64.2 Å². The van der Waals surface area contributed by atoms with Crippen LogP contribution in [0, 0.1) is 5.92 Å². The van der Waals surface area contributed by atoms with E-state index >= 15 is 0 Å². The first-order chi connectivity index (χ1) is 12.8. The maximum Gasteiger partial charge on any atom is 0.0647 e. The summed E-state index contributed by atoms with van der Waals surface area (Å²) in [5.74, 6) is 1.06. The summed E-state index contributed by atoms with van der Waals surface area (Å²) < 4.78 is 5.85. The summed E-state index contributed by atoms with van der Waals surface area (Å²) in [6.45, 7) is 4.77. The number of aryl methyl sites for hydroxylation is 1. The van der Waals surface area contributed by atoms with Crippen molar-refractivity contribution in [2.24, 2.45) is 11.7 Å². The number of ether oxygens (including phenoxy) is 1. The van der Waals surface area contributed by atoms with Crippen LogP contribution in [0.15, 0.2) is 30.4 Å². The molecule has 0 unspecified atom stereocenters. The van der Waals surface area contributed by atoms with E-state index in [1.165, 1.54) is 29.5 Å². The molecule has 2 atom stereocenters. The fraction of sp³-hybridized carbons (Fsp3) is 0.652. The highest BCUT2D eigenvalue weighted by Gasteiger charge is 2.20. The van der Waals surface area contributed by atoms with Gasteiger partial charge in [0.25, 0.3) is 0 Å². The van der Waals surface area contributed by atoms with Crippen LogP contribution in [0.25, 0.3) is 0 Å². The second kappa shape index (κ2) is 12.3. The lowest BCUT2D eigenvalue weighted by Crippen LogP contribution is -2.20. The average molecular weight is 360 g/mol. The van der Waals surface area contributed by atoms with Crippen LogP contribution in [0.3, 0.4) is 0 Å². The SMILES string of the molecule is CCC/C=C\COC[C@@H]1CCc2cc([C@H](CN)CCCCO)ccc2C1. The summed E-state index contributed by atoms with van der Waals surface area (Å²) >= 11 is 0. The van der Waals surface area contributed by atoms with Crippen molar-refractivity contribution in [2.75, 3.05) is 26.4 Å². The second-order valence-electron chi connectivity index (χ2n) is 7.59. The fourth-order valence-corrected chi connectivity index (χ4v) is 3.83. The molecule has 0 amide bonds. The monoisotopic (exact) mass is 359 g/mol. The molecule has 0 fully saturated rings. The van der Waals surface area contributed by atoms with Gasteiger partial charge < -0.3 is 15.6 Å². The van der Waals surface area contributed by atoms with Crippen LogP contribution in [0.1, 0.15) is 68.1 Å². The fourth-order valence-electron chi connectivity index (χ4n) is 3.83. The Bertz CT molecular complexity index is 541. The topological polar surface area (TPSA) is 55.5 Å². The molecule has 0 bridgehead atoms. The second-order valence-corrected chi connectivity index (χ2v) is 7.59. The first-order valence-corrected chi connectivity index (χ1v) is 10.4. The molecule has 0 aromatic heterocycles. The molecule has 1 aromatic rings. The van der Waals surface area contributed by atoms with E-state index in [4.69, 9.17) is 15.6 Å². The Morgan fingerprint density at radius 3 is 2.92 bits per heavy atom. The first-order valence-electron chi connectivity index (χ1n) is 10.4. The molecular formula is C23H37NO2. The number of benzene rings is 1. The number of fused-ring (bicyclic) bond motifs is 1. The van der Waals surface area contributed by atoms with Crippen LogP contribution in [-0.2, 0) is 17.6 Å². The maximum absolute atomic E-state index is 8.98. The lowest BCUT2D eigenvalue weighted by Gasteiger charge is -2.26. The number of rotatable bonds is 12. The molecule has 3 N–H and O–H groups in total. The van der Waals surface area contributed by atoms with E-state index < -0.39 is 0 Å². The number of aliphatic hydroxyl groups excluding tert-OH is 1. The van der Waals surface area contributed by atoms with E-state index in [2.05, 4.69) is 37.3 Å². The smallest absolute Gasteiger partial charge is 0.0647 e. The zero-order valence-corrected chi connectivity index (χ0v) is 16.5. The lowest BCUT2D eigenvalue weighted by molar-refractivity contribution is 0.116. The predicted octanol–water partition coefficient (Wildman–Crippen LogP) is 4.37. The van der Waals surface area contributed by atoms with E-state index in [-0.39, 0.29) is 6.61 Å². The van der Waals surface area contributed by atoms with Crippen molar-refractivity contribution >= 4 is 0 Å². The third-order valence-corrected chi connectivity index (χ3v) is 5.47. The molecule has 26 heavy (non-hydrogen) atoms. The standard InChI is InChI=1S/C23H37NO2/c1-2-3-4-7-14-26-18-19-9-10-21-16-22(12-11-20(21)15-19)23(17-24)8-5-6-13-25/h4,7,11-12,16,19,23,25H,2-3,5-6,8-10,13-15,17-18,24H2,1H3/b7-4-/t19-,23+/m1/s1. The number of hydrogen-bond acceptors (Lipinski definition) is 3. The molecule has 0 aliphatic heterocycles. The quantitative estimate of drug-likeness (QED) is 0.430. The van der Waals surface area contributed by atoms with Crippen molar-refractivity contribution in [1.82, 2.24) is 0 Å². The molecule has 0 radical (unpaired) electrons. The summed E-state index contributed by atoms with van der Waals surface area (Å²) in [4.78, 5) is 0. The Labute approximate surface area is 159 Å². The van der Waals surface area contributed by atoms with Crippen molar-refractivity contribution in [1.29, 1.82) is 0 Å². The molecular weight excluding hydrogens is 322 g/mol. The van der Waals surface area contributed by atoms with Gasteiger partial charge in [0.1, 0.15) is 0 Å². The van der Waals surface area contributed by atoms with Crippen LogP contribution in [0.5, 0.6) is 0 Å². The summed E-state index contributed by atoms with van der Waals surface area (Å²) in [6, 6.07) is 6.97. The van der Waals surface area contributed by atoms with Crippen molar-refractivity contribution in [3.05, 3.63) is 47.0 Å². The van der Waals surface area contributed by atoms with Gasteiger partial charge in [-0.2, -0.15) is 0 Å². The number of nitrogens with two attached hydrogens (primary N) is 1. The summed E-state index contributed by atoms with van der Waals surface area (Å²) in [5, 5.41) is 8.98. The molecule has 0 saturated carbocycles. The zero-order chi connectivity index (χ0) is 18.6. The molecule has 0 saturated heterocycles. The molecule has 3 nitrogen and oxygen atoms in total. The molecule has 1 aliphatic carbocycles. The number of aliphatic hydroxyl groups is 1. The van der Waals surface area contributed by atoms with Gasteiger partial charge in [-0.3, -0.25) is 0 Å². The maximum atomic E-state index is 8.98. The largest absolute Gasteiger partial charge is 0.396 e. The summed E-state index contributed by atoms with van der Waals surface area (Å²) in [5.41, 5.74) is 10.4. The highest BCUT2D eigenvalue weighted by Crippen LogP contribution is 2.30. The Kier molecular flexibility index (Phi) is 9.98. The Morgan fingerprint density at radius 2 is 2.15 bits per heavy atom. The van der Waals surface area contributed by atoms with Gasteiger partial charge in [-0.25, -0.2) is 0 Å². The van der Waals surface area contributed by atoms with Crippen molar-refractivity contribution in [3.63, 3.8) is 0 Å². The molecule has 146 valence electrons. The number of unbranched alkanes of at least 4 members (excludes halogenated alkanes) is 2. The van der Waals surface area contributed by atoms with Crippen LogP contribution >= 0.6 is 0 Å². The van der Waals surface area contributed by atoms with Gasteiger partial charge in [0.2, 0.25) is 0 Å². The van der Waals surface area contributed by atoms with E-state index in [9.17, 15) is 0 Å². The van der Waals surface area contributed by atoms with E-state index in [0.717, 1.165) is 51.7 Å². The minimum absolute atomic E-state index is 0.277. The molecule has 0 heterocycles. The molecule has 3 heteroatoms. The molecule has 0 spiro atoms. The molecule has 1 aromatic carbocycles. The van der Waals surface area contributed by atoms with Crippen LogP contribution in [0.4, 0.5) is 0 Å². The van der Waals surface area contributed by atoms with E-state index in [0.29, 0.717) is 18.4 Å². The Morgan fingerprint density at radius 1 is 1.27 bits per heavy atom. The minimum Gasteiger partial charge on any atom is -0.396 e. The van der Waals surface area contributed by atoms with Gasteiger partial charge in [-0.05, 0) is 73.6 Å². The van der Waals surface area contributed by atoms with Gasteiger partial charge >= 0.3 is 0 Å². The van der Waals surface area contributed by atoms with Gasteiger partial charge in [-0.15, -0.1) is 0 Å². The van der Waals surface area contributed by atoms with Gasteiger partial charge in [0.05, 0.1) is 13.2 Å². The predicted molar refractivity (Wildman–Crippen MR) is 110 cm³/mol. The number of allylic oxidation sites excluding steroid dienone is 1. The third kappa shape index (κ3) is 6.86.